The molecule has 1 atom stereocenters. The second kappa shape index (κ2) is 6.55. The van der Waals surface area contributed by atoms with E-state index in [2.05, 4.69) is 26.8 Å². The number of hydrogen-bond acceptors (Lipinski definition) is 3. The molecule has 0 aliphatic heterocycles. The lowest BCUT2D eigenvalue weighted by molar-refractivity contribution is -0.124. The average molecular weight is 302 g/mol. The lowest BCUT2D eigenvalue weighted by Crippen LogP contribution is -2.35. The standard InChI is InChI=1S/C19H26O3/c1-13-7-6-10-19(2,3)18(13)15(20)11-14-8-9-16(21-4)17(12-14)22-5/h7-9,12,18H,6,10-11H2,1-5H3. The van der Waals surface area contributed by atoms with Crippen LogP contribution in [-0.4, -0.2) is 20.0 Å². The molecule has 3 heteroatoms. The van der Waals surface area contributed by atoms with Crippen LogP contribution in [-0.2, 0) is 11.2 Å². The monoisotopic (exact) mass is 302 g/mol. The van der Waals surface area contributed by atoms with Gasteiger partial charge < -0.3 is 9.47 Å². The highest BCUT2D eigenvalue weighted by Crippen LogP contribution is 2.42. The summed E-state index contributed by atoms with van der Waals surface area (Å²) in [5.74, 6) is 1.65. The largest absolute Gasteiger partial charge is 0.493 e. The lowest BCUT2D eigenvalue weighted by Gasteiger charge is -2.37. The van der Waals surface area contributed by atoms with Gasteiger partial charge >= 0.3 is 0 Å². The number of methoxy groups -OCH3 is 2. The summed E-state index contributed by atoms with van der Waals surface area (Å²) in [6.45, 7) is 6.47. The summed E-state index contributed by atoms with van der Waals surface area (Å²) in [4.78, 5) is 12.8. The zero-order chi connectivity index (χ0) is 16.3. The van der Waals surface area contributed by atoms with Crippen molar-refractivity contribution in [1.29, 1.82) is 0 Å². The van der Waals surface area contributed by atoms with E-state index < -0.39 is 0 Å². The van der Waals surface area contributed by atoms with E-state index >= 15 is 0 Å². The summed E-state index contributed by atoms with van der Waals surface area (Å²) in [6.07, 6.45) is 4.77. The maximum atomic E-state index is 12.8. The Morgan fingerprint density at radius 3 is 2.50 bits per heavy atom. The lowest BCUT2D eigenvalue weighted by atomic mass is 9.66. The van der Waals surface area contributed by atoms with Crippen LogP contribution in [0.1, 0.15) is 39.2 Å². The third-order valence-electron chi connectivity index (χ3n) is 4.64. The van der Waals surface area contributed by atoms with E-state index in [1.807, 2.05) is 18.2 Å². The number of carbonyl (C=O) groups is 1. The number of hydrogen-bond donors (Lipinski definition) is 0. The van der Waals surface area contributed by atoms with Crippen LogP contribution in [0.5, 0.6) is 11.5 Å². The van der Waals surface area contributed by atoms with Crippen LogP contribution in [0.15, 0.2) is 29.8 Å². The normalized spacial score (nSPS) is 20.2. The number of ether oxygens (including phenoxy) is 2. The molecule has 22 heavy (non-hydrogen) atoms. The van der Waals surface area contributed by atoms with Crippen LogP contribution < -0.4 is 9.47 Å². The number of ketones is 1. The molecule has 1 unspecified atom stereocenters. The number of benzene rings is 1. The zero-order valence-corrected chi connectivity index (χ0v) is 14.2. The zero-order valence-electron chi connectivity index (χ0n) is 14.2. The Balaban J connectivity index is 2.21. The fourth-order valence-electron chi connectivity index (χ4n) is 3.53. The molecule has 0 bridgehead atoms. The van der Waals surface area contributed by atoms with Crippen LogP contribution in [0.3, 0.4) is 0 Å². The number of carbonyl (C=O) groups excluding carboxylic acids is 1. The second-order valence-electron chi connectivity index (χ2n) is 6.74. The second-order valence-corrected chi connectivity index (χ2v) is 6.74. The smallest absolute Gasteiger partial charge is 0.161 e. The third-order valence-corrected chi connectivity index (χ3v) is 4.64. The molecule has 120 valence electrons. The minimum Gasteiger partial charge on any atom is -0.493 e. The van der Waals surface area contributed by atoms with Gasteiger partial charge in [0.05, 0.1) is 14.2 Å². The topological polar surface area (TPSA) is 35.5 Å². The van der Waals surface area contributed by atoms with Crippen molar-refractivity contribution in [1.82, 2.24) is 0 Å². The minimum atomic E-state index is 0.00865. The van der Waals surface area contributed by atoms with Gasteiger partial charge in [0.2, 0.25) is 0 Å². The molecular weight excluding hydrogens is 276 g/mol. The minimum absolute atomic E-state index is 0.00865. The summed E-state index contributed by atoms with van der Waals surface area (Å²) in [5.41, 5.74) is 2.21. The first-order chi connectivity index (χ1) is 10.4. The van der Waals surface area contributed by atoms with Gasteiger partial charge in [-0.1, -0.05) is 31.6 Å². The van der Waals surface area contributed by atoms with Crippen molar-refractivity contribution in [3.8, 4) is 11.5 Å². The summed E-state index contributed by atoms with van der Waals surface area (Å²) in [5, 5.41) is 0. The predicted molar refractivity (Wildman–Crippen MR) is 88.5 cm³/mol. The number of rotatable bonds is 5. The van der Waals surface area contributed by atoms with Crippen molar-refractivity contribution in [3.05, 3.63) is 35.4 Å². The van der Waals surface area contributed by atoms with E-state index in [4.69, 9.17) is 9.47 Å². The Morgan fingerprint density at radius 2 is 1.91 bits per heavy atom. The third kappa shape index (κ3) is 3.34. The maximum absolute atomic E-state index is 12.8. The molecular formula is C19H26O3. The molecule has 0 fully saturated rings. The van der Waals surface area contributed by atoms with Gasteiger partial charge in [0.25, 0.3) is 0 Å². The highest BCUT2D eigenvalue weighted by Gasteiger charge is 2.37. The SMILES string of the molecule is COc1ccc(CC(=O)C2C(C)=CCCC2(C)C)cc1OC. The first-order valence-corrected chi connectivity index (χ1v) is 7.79. The van der Waals surface area contributed by atoms with Gasteiger partial charge in [-0.15, -0.1) is 0 Å². The van der Waals surface area contributed by atoms with Gasteiger partial charge in [0, 0.05) is 12.3 Å². The molecule has 0 N–H and O–H groups in total. The molecule has 2 rings (SSSR count). The fraction of sp³-hybridized carbons (Fsp3) is 0.526. The summed E-state index contributed by atoms with van der Waals surface area (Å²) >= 11 is 0. The molecule has 1 aromatic rings. The Morgan fingerprint density at radius 1 is 1.23 bits per heavy atom. The van der Waals surface area contributed by atoms with E-state index in [1.54, 1.807) is 14.2 Å². The van der Waals surface area contributed by atoms with Gasteiger partial charge in [-0.2, -0.15) is 0 Å². The highest BCUT2D eigenvalue weighted by molar-refractivity contribution is 5.86. The molecule has 0 saturated heterocycles. The highest BCUT2D eigenvalue weighted by atomic mass is 16.5. The molecule has 0 radical (unpaired) electrons. The van der Waals surface area contributed by atoms with Crippen LogP contribution in [0.25, 0.3) is 0 Å². The quantitative estimate of drug-likeness (QED) is 0.765. The Kier molecular flexibility index (Phi) is 4.94. The van der Waals surface area contributed by atoms with Crippen molar-refractivity contribution < 1.29 is 14.3 Å². The van der Waals surface area contributed by atoms with Gasteiger partial charge in [-0.25, -0.2) is 0 Å². The Bertz CT molecular complexity index is 584. The van der Waals surface area contributed by atoms with Gasteiger partial charge in [0.1, 0.15) is 5.78 Å². The summed E-state index contributed by atoms with van der Waals surface area (Å²) < 4.78 is 10.6. The van der Waals surface area contributed by atoms with Gasteiger partial charge in [0.15, 0.2) is 11.5 Å². The number of Topliss-reactive ketones (excluding diaryl/α,β-unsaturated/α-hetero) is 1. The van der Waals surface area contributed by atoms with E-state index in [9.17, 15) is 4.79 Å². The maximum Gasteiger partial charge on any atom is 0.161 e. The van der Waals surface area contributed by atoms with Crippen LogP contribution >= 0.6 is 0 Å². The van der Waals surface area contributed by atoms with Crippen molar-refractivity contribution in [2.24, 2.45) is 11.3 Å². The van der Waals surface area contributed by atoms with Gasteiger partial charge in [-0.05, 0) is 42.9 Å². The van der Waals surface area contributed by atoms with Crippen molar-refractivity contribution in [3.63, 3.8) is 0 Å². The van der Waals surface area contributed by atoms with Crippen LogP contribution in [0.4, 0.5) is 0 Å². The van der Waals surface area contributed by atoms with Crippen molar-refractivity contribution >= 4 is 5.78 Å². The summed E-state index contributed by atoms with van der Waals surface area (Å²) in [7, 11) is 3.22. The van der Waals surface area contributed by atoms with E-state index in [0.717, 1.165) is 18.4 Å². The molecule has 1 aromatic carbocycles. The van der Waals surface area contributed by atoms with Crippen molar-refractivity contribution in [2.75, 3.05) is 14.2 Å². The van der Waals surface area contributed by atoms with E-state index in [1.165, 1.54) is 5.57 Å². The van der Waals surface area contributed by atoms with Crippen LogP contribution in [0.2, 0.25) is 0 Å². The Labute approximate surface area is 133 Å². The van der Waals surface area contributed by atoms with Crippen molar-refractivity contribution in [2.45, 2.75) is 40.0 Å². The molecule has 0 saturated carbocycles. The molecule has 1 aliphatic rings. The molecule has 3 nitrogen and oxygen atoms in total. The molecule has 0 heterocycles. The van der Waals surface area contributed by atoms with E-state index in [0.29, 0.717) is 17.9 Å². The first-order valence-electron chi connectivity index (χ1n) is 7.79. The Hall–Kier alpha value is -1.77. The van der Waals surface area contributed by atoms with Gasteiger partial charge in [-0.3, -0.25) is 4.79 Å². The average Bonchev–Trinajstić information content (AvgIpc) is 2.45. The predicted octanol–water partition coefficient (Wildman–Crippen LogP) is 4.20. The fourth-order valence-corrected chi connectivity index (χ4v) is 3.53. The molecule has 0 amide bonds. The molecule has 1 aliphatic carbocycles. The molecule has 0 aromatic heterocycles. The van der Waals surface area contributed by atoms with Crippen LogP contribution in [0, 0.1) is 11.3 Å². The summed E-state index contributed by atoms with van der Waals surface area (Å²) in [6, 6.07) is 5.69. The van der Waals surface area contributed by atoms with E-state index in [-0.39, 0.29) is 17.1 Å². The molecule has 0 spiro atoms. The first kappa shape index (κ1) is 16.6. The number of allylic oxidation sites excluding steroid dienone is 2.